The van der Waals surface area contributed by atoms with Crippen LogP contribution in [0.15, 0.2) is 36.5 Å². The lowest BCUT2D eigenvalue weighted by atomic mass is 10.3. The molecule has 0 saturated heterocycles. The summed E-state index contributed by atoms with van der Waals surface area (Å²) in [5.74, 6) is -0.185. The summed E-state index contributed by atoms with van der Waals surface area (Å²) in [6, 6.07) is 9.21. The minimum atomic E-state index is -0.185. The van der Waals surface area contributed by atoms with Gasteiger partial charge in [0, 0.05) is 6.20 Å². The zero-order valence-electron chi connectivity index (χ0n) is 12.3. The lowest BCUT2D eigenvalue weighted by Gasteiger charge is -2.06. The summed E-state index contributed by atoms with van der Waals surface area (Å²) in [5, 5.41) is 3.27. The number of amides is 1. The van der Waals surface area contributed by atoms with Crippen molar-refractivity contribution in [3.8, 4) is 0 Å². The van der Waals surface area contributed by atoms with Gasteiger partial charge in [0.15, 0.2) is 0 Å². The molecule has 0 aliphatic rings. The molecule has 0 aliphatic heterocycles. The Bertz CT molecular complexity index is 856. The first kappa shape index (κ1) is 14.5. The smallest absolute Gasteiger partial charge is 0.270 e. The third-order valence-corrected chi connectivity index (χ3v) is 3.58. The summed E-state index contributed by atoms with van der Waals surface area (Å²) in [6.07, 6.45) is 1.86. The minimum absolute atomic E-state index is 0.185. The Balaban J connectivity index is 1.85. The number of halogens is 1. The second-order valence-corrected chi connectivity index (χ2v) is 5.50. The maximum atomic E-state index is 12.5. The topological polar surface area (TPSA) is 59.3 Å². The van der Waals surface area contributed by atoms with Crippen molar-refractivity contribution in [1.29, 1.82) is 0 Å². The van der Waals surface area contributed by atoms with Crippen LogP contribution < -0.4 is 5.32 Å². The van der Waals surface area contributed by atoms with Gasteiger partial charge in [-0.05, 0) is 43.7 Å². The van der Waals surface area contributed by atoms with Crippen LogP contribution in [0.3, 0.4) is 0 Å². The number of rotatable bonds is 3. The quantitative estimate of drug-likeness (QED) is 0.756. The maximum absolute atomic E-state index is 12.5. The number of carbonyl (C=O) groups excluding carboxylic acids is 1. The van der Waals surface area contributed by atoms with Crippen LogP contribution in [0.1, 0.15) is 27.4 Å². The highest BCUT2D eigenvalue weighted by Crippen LogP contribution is 2.14. The number of aryl methyl sites for hydroxylation is 2. The summed E-state index contributed by atoms with van der Waals surface area (Å²) >= 11 is 5.84. The molecule has 0 aromatic carbocycles. The Kier molecular flexibility index (Phi) is 3.81. The zero-order chi connectivity index (χ0) is 15.7. The molecule has 0 spiro atoms. The molecule has 3 heterocycles. The van der Waals surface area contributed by atoms with Crippen molar-refractivity contribution in [1.82, 2.24) is 19.7 Å². The summed E-state index contributed by atoms with van der Waals surface area (Å²) in [7, 11) is 0. The minimum Gasteiger partial charge on any atom is -0.345 e. The molecular formula is C16H15ClN4O. The molecule has 0 unspecified atom stereocenters. The van der Waals surface area contributed by atoms with Crippen LogP contribution >= 0.6 is 11.6 Å². The number of nitrogens with zero attached hydrogens (tertiary/aromatic N) is 3. The molecular weight excluding hydrogens is 300 g/mol. The van der Waals surface area contributed by atoms with E-state index in [1.54, 1.807) is 16.5 Å². The first-order chi connectivity index (χ1) is 10.5. The summed E-state index contributed by atoms with van der Waals surface area (Å²) in [6.45, 7) is 4.14. The van der Waals surface area contributed by atoms with Crippen LogP contribution in [0.5, 0.6) is 0 Å². The van der Waals surface area contributed by atoms with Gasteiger partial charge in [-0.15, -0.1) is 0 Å². The summed E-state index contributed by atoms with van der Waals surface area (Å²) in [5.41, 5.74) is 3.82. The number of carbonyl (C=O) groups is 1. The molecule has 3 rings (SSSR count). The van der Waals surface area contributed by atoms with Gasteiger partial charge in [-0.1, -0.05) is 17.7 Å². The van der Waals surface area contributed by atoms with Gasteiger partial charge in [-0.3, -0.25) is 9.20 Å². The van der Waals surface area contributed by atoms with Crippen molar-refractivity contribution in [2.45, 2.75) is 20.4 Å². The Morgan fingerprint density at radius 2 is 2.09 bits per heavy atom. The number of pyridine rings is 2. The van der Waals surface area contributed by atoms with Crippen molar-refractivity contribution in [3.63, 3.8) is 0 Å². The SMILES string of the molecule is Cc1ccn2c(C(=O)NCc3cccc(Cl)n3)c(C)nc2c1. The van der Waals surface area contributed by atoms with E-state index in [1.165, 1.54) is 0 Å². The molecule has 0 saturated carbocycles. The number of hydrogen-bond acceptors (Lipinski definition) is 3. The standard InChI is InChI=1S/C16H15ClN4O/c1-10-6-7-21-14(8-10)19-11(2)15(21)16(22)18-9-12-4-3-5-13(17)20-12/h3-8H,9H2,1-2H3,(H,18,22). The first-order valence-electron chi connectivity index (χ1n) is 6.89. The van der Waals surface area contributed by atoms with E-state index in [1.807, 2.05) is 38.2 Å². The van der Waals surface area contributed by atoms with Crippen LogP contribution in [0.4, 0.5) is 0 Å². The van der Waals surface area contributed by atoms with E-state index < -0.39 is 0 Å². The third kappa shape index (κ3) is 2.80. The molecule has 0 aliphatic carbocycles. The van der Waals surface area contributed by atoms with Crippen LogP contribution in [-0.2, 0) is 6.54 Å². The molecule has 3 aromatic heterocycles. The predicted molar refractivity (Wildman–Crippen MR) is 85.1 cm³/mol. The molecule has 0 radical (unpaired) electrons. The second kappa shape index (κ2) is 5.77. The number of aromatic nitrogens is 3. The van der Waals surface area contributed by atoms with Crippen LogP contribution in [0.25, 0.3) is 5.65 Å². The van der Waals surface area contributed by atoms with E-state index in [2.05, 4.69) is 15.3 Å². The van der Waals surface area contributed by atoms with E-state index in [9.17, 15) is 4.79 Å². The molecule has 0 bridgehead atoms. The zero-order valence-corrected chi connectivity index (χ0v) is 13.1. The van der Waals surface area contributed by atoms with Gasteiger partial charge in [-0.25, -0.2) is 9.97 Å². The summed E-state index contributed by atoms with van der Waals surface area (Å²) < 4.78 is 1.79. The van der Waals surface area contributed by atoms with E-state index in [4.69, 9.17) is 11.6 Å². The molecule has 6 heteroatoms. The van der Waals surface area contributed by atoms with Gasteiger partial charge in [0.25, 0.3) is 5.91 Å². The van der Waals surface area contributed by atoms with E-state index in [0.717, 1.165) is 11.2 Å². The number of nitrogens with one attached hydrogen (secondary N) is 1. The number of hydrogen-bond donors (Lipinski definition) is 1. The fourth-order valence-corrected chi connectivity index (χ4v) is 2.52. The fourth-order valence-electron chi connectivity index (χ4n) is 2.34. The molecule has 1 N–H and O–H groups in total. The molecule has 5 nitrogen and oxygen atoms in total. The van der Waals surface area contributed by atoms with Crippen LogP contribution in [0, 0.1) is 13.8 Å². The van der Waals surface area contributed by atoms with Crippen LogP contribution in [0.2, 0.25) is 5.15 Å². The van der Waals surface area contributed by atoms with Gasteiger partial charge in [0.1, 0.15) is 16.5 Å². The van der Waals surface area contributed by atoms with Crippen LogP contribution in [-0.4, -0.2) is 20.3 Å². The lowest BCUT2D eigenvalue weighted by molar-refractivity contribution is 0.0944. The normalized spacial score (nSPS) is 10.9. The van der Waals surface area contributed by atoms with Crippen molar-refractivity contribution in [3.05, 3.63) is 64.3 Å². The highest BCUT2D eigenvalue weighted by atomic mass is 35.5. The van der Waals surface area contributed by atoms with E-state index >= 15 is 0 Å². The van der Waals surface area contributed by atoms with E-state index in [0.29, 0.717) is 28.8 Å². The van der Waals surface area contributed by atoms with Crippen molar-refractivity contribution in [2.24, 2.45) is 0 Å². The number of imidazole rings is 1. The molecule has 0 fully saturated rings. The van der Waals surface area contributed by atoms with Crippen molar-refractivity contribution in [2.75, 3.05) is 0 Å². The van der Waals surface area contributed by atoms with E-state index in [-0.39, 0.29) is 5.91 Å². The Morgan fingerprint density at radius 1 is 1.27 bits per heavy atom. The second-order valence-electron chi connectivity index (χ2n) is 5.11. The Hall–Kier alpha value is -2.40. The monoisotopic (exact) mass is 314 g/mol. The lowest BCUT2D eigenvalue weighted by Crippen LogP contribution is -2.25. The molecule has 1 amide bonds. The van der Waals surface area contributed by atoms with Crippen molar-refractivity contribution < 1.29 is 4.79 Å². The van der Waals surface area contributed by atoms with Gasteiger partial charge in [-0.2, -0.15) is 0 Å². The third-order valence-electron chi connectivity index (χ3n) is 3.37. The molecule has 0 atom stereocenters. The molecule has 22 heavy (non-hydrogen) atoms. The molecule has 112 valence electrons. The van der Waals surface area contributed by atoms with Gasteiger partial charge >= 0.3 is 0 Å². The number of fused-ring (bicyclic) bond motifs is 1. The van der Waals surface area contributed by atoms with Crippen molar-refractivity contribution >= 4 is 23.2 Å². The highest BCUT2D eigenvalue weighted by molar-refractivity contribution is 6.29. The Labute approximate surface area is 133 Å². The molecule has 3 aromatic rings. The average Bonchev–Trinajstić information content (AvgIpc) is 2.80. The van der Waals surface area contributed by atoms with Gasteiger partial charge in [0.2, 0.25) is 0 Å². The first-order valence-corrected chi connectivity index (χ1v) is 7.27. The fraction of sp³-hybridized carbons (Fsp3) is 0.188. The highest BCUT2D eigenvalue weighted by Gasteiger charge is 2.16. The largest absolute Gasteiger partial charge is 0.345 e. The van der Waals surface area contributed by atoms with Gasteiger partial charge in [0.05, 0.1) is 17.9 Å². The maximum Gasteiger partial charge on any atom is 0.270 e. The van der Waals surface area contributed by atoms with Gasteiger partial charge < -0.3 is 5.32 Å². The average molecular weight is 315 g/mol. The predicted octanol–water partition coefficient (Wildman–Crippen LogP) is 2.93. The summed E-state index contributed by atoms with van der Waals surface area (Å²) in [4.78, 5) is 21.0. The Morgan fingerprint density at radius 3 is 2.86 bits per heavy atom.